The topological polar surface area (TPSA) is 57.7 Å². The molecule has 3 amide bonds. The van der Waals surface area contributed by atoms with Crippen molar-refractivity contribution >= 4 is 55.6 Å². The van der Waals surface area contributed by atoms with Crippen molar-refractivity contribution in [1.82, 2.24) is 4.90 Å². The summed E-state index contributed by atoms with van der Waals surface area (Å²) in [4.78, 5) is 41.8. The van der Waals surface area contributed by atoms with Gasteiger partial charge in [0.2, 0.25) is 5.91 Å². The lowest BCUT2D eigenvalue weighted by atomic mass is 9.83. The lowest BCUT2D eigenvalue weighted by Crippen LogP contribution is -2.52. The average Bonchev–Trinajstić information content (AvgIpc) is 3.21. The van der Waals surface area contributed by atoms with Crippen molar-refractivity contribution in [1.29, 1.82) is 0 Å². The first-order chi connectivity index (χ1) is 14.3. The molecule has 1 aromatic heterocycles. The maximum absolute atomic E-state index is 13.6. The summed E-state index contributed by atoms with van der Waals surface area (Å²) >= 11 is 5.56. The SMILES string of the molecule is CC1(C)c2ccccc2-c2c(ssc2=S)N1C(=O)CN1C(=O)c2ccccc2C1=O. The molecule has 3 aromatic rings. The van der Waals surface area contributed by atoms with Crippen LogP contribution < -0.4 is 4.90 Å². The van der Waals surface area contributed by atoms with E-state index in [9.17, 15) is 14.4 Å². The number of fused-ring (bicyclic) bond motifs is 4. The normalized spacial score (nSPS) is 16.3. The largest absolute Gasteiger partial charge is 0.291 e. The minimum Gasteiger partial charge on any atom is -0.291 e. The molecule has 5 nitrogen and oxygen atoms in total. The number of imide groups is 1. The van der Waals surface area contributed by atoms with Crippen LogP contribution in [0.3, 0.4) is 0 Å². The molecule has 2 aromatic carbocycles. The third-order valence-corrected chi connectivity index (χ3v) is 8.63. The van der Waals surface area contributed by atoms with Gasteiger partial charge in [0.25, 0.3) is 11.8 Å². The maximum Gasteiger partial charge on any atom is 0.262 e. The van der Waals surface area contributed by atoms with Gasteiger partial charge in [0.15, 0.2) is 0 Å². The molecule has 0 radical (unpaired) electrons. The van der Waals surface area contributed by atoms with Gasteiger partial charge in [-0.2, -0.15) is 0 Å². The summed E-state index contributed by atoms with van der Waals surface area (Å²) in [6.45, 7) is 3.64. The van der Waals surface area contributed by atoms with Gasteiger partial charge < -0.3 is 0 Å². The first-order valence-electron chi connectivity index (χ1n) is 9.33. The van der Waals surface area contributed by atoms with Gasteiger partial charge in [0.05, 0.1) is 16.7 Å². The van der Waals surface area contributed by atoms with Gasteiger partial charge in [-0.25, -0.2) is 0 Å². The van der Waals surface area contributed by atoms with E-state index in [2.05, 4.69) is 0 Å². The maximum atomic E-state index is 13.6. The highest BCUT2D eigenvalue weighted by Gasteiger charge is 2.44. The molecule has 0 N–H and O–H groups in total. The Bertz CT molecular complexity index is 1270. The molecule has 150 valence electrons. The average molecular weight is 453 g/mol. The summed E-state index contributed by atoms with van der Waals surface area (Å²) in [6.07, 6.45) is 0. The fourth-order valence-electron chi connectivity index (χ4n) is 4.24. The molecule has 0 aliphatic carbocycles. The van der Waals surface area contributed by atoms with Gasteiger partial charge in [-0.05, 0) is 37.1 Å². The second-order valence-electron chi connectivity index (χ2n) is 7.71. The van der Waals surface area contributed by atoms with Crippen LogP contribution in [0.1, 0.15) is 40.1 Å². The van der Waals surface area contributed by atoms with Crippen LogP contribution in [0.4, 0.5) is 5.00 Å². The van der Waals surface area contributed by atoms with Crippen LogP contribution in [0.5, 0.6) is 0 Å². The Labute approximate surface area is 185 Å². The predicted octanol–water partition coefficient (Wildman–Crippen LogP) is 5.08. The summed E-state index contributed by atoms with van der Waals surface area (Å²) in [5.74, 6) is -1.18. The minimum absolute atomic E-state index is 0.311. The van der Waals surface area contributed by atoms with Crippen molar-refractivity contribution in [3.63, 3.8) is 0 Å². The molecular formula is C22H16N2O3S3. The highest BCUT2D eigenvalue weighted by Crippen LogP contribution is 2.52. The quantitative estimate of drug-likeness (QED) is 0.309. The number of hydrogen-bond acceptors (Lipinski definition) is 6. The Morgan fingerprint density at radius 1 is 0.933 bits per heavy atom. The fraction of sp³-hybridized carbons (Fsp3) is 0.182. The highest BCUT2D eigenvalue weighted by molar-refractivity contribution is 7.80. The van der Waals surface area contributed by atoms with Gasteiger partial charge >= 0.3 is 0 Å². The van der Waals surface area contributed by atoms with Crippen molar-refractivity contribution in [2.45, 2.75) is 19.4 Å². The van der Waals surface area contributed by atoms with E-state index in [1.54, 1.807) is 29.2 Å². The van der Waals surface area contributed by atoms with Crippen LogP contribution in [0.2, 0.25) is 0 Å². The number of carbonyl (C=O) groups is 3. The summed E-state index contributed by atoms with van der Waals surface area (Å²) in [5, 5.41) is 0.773. The van der Waals surface area contributed by atoms with E-state index in [0.29, 0.717) is 11.1 Å². The van der Waals surface area contributed by atoms with Crippen molar-refractivity contribution in [2.24, 2.45) is 0 Å². The van der Waals surface area contributed by atoms with Crippen LogP contribution in [0, 0.1) is 3.82 Å². The Balaban J connectivity index is 1.56. The highest BCUT2D eigenvalue weighted by atomic mass is 32.9. The van der Waals surface area contributed by atoms with E-state index in [4.69, 9.17) is 12.2 Å². The van der Waals surface area contributed by atoms with Crippen molar-refractivity contribution in [3.8, 4) is 11.1 Å². The zero-order valence-electron chi connectivity index (χ0n) is 16.2. The van der Waals surface area contributed by atoms with Crippen LogP contribution in [-0.2, 0) is 10.3 Å². The molecule has 0 fully saturated rings. The molecule has 8 heteroatoms. The van der Waals surface area contributed by atoms with Gasteiger partial charge in [-0.1, -0.05) is 69.3 Å². The first-order valence-corrected chi connectivity index (χ1v) is 11.9. The van der Waals surface area contributed by atoms with E-state index < -0.39 is 17.4 Å². The lowest BCUT2D eigenvalue weighted by Gasteiger charge is -2.43. The molecule has 3 heterocycles. The van der Waals surface area contributed by atoms with E-state index >= 15 is 0 Å². The Morgan fingerprint density at radius 3 is 2.13 bits per heavy atom. The van der Waals surface area contributed by atoms with Crippen LogP contribution >= 0.6 is 32.9 Å². The van der Waals surface area contributed by atoms with Gasteiger partial charge in [-0.15, -0.1) is 0 Å². The molecule has 2 aliphatic rings. The number of carbonyl (C=O) groups excluding carboxylic acids is 3. The summed E-state index contributed by atoms with van der Waals surface area (Å²) < 4.78 is 0.733. The molecule has 0 saturated heterocycles. The standard InChI is InChI=1S/C22H16N2O3S3/c1-22(2)15-10-6-5-9-14(15)17-20(29-30-21(17)28)24(22)16(25)11-23-18(26)12-7-3-4-8-13(12)19(23)27/h3-10H,11H2,1-2H3. The number of amides is 3. The Hall–Kier alpha value is -2.68. The minimum atomic E-state index is -0.654. The zero-order chi connectivity index (χ0) is 21.2. The van der Waals surface area contributed by atoms with Gasteiger partial charge in [0.1, 0.15) is 15.4 Å². The Morgan fingerprint density at radius 2 is 1.50 bits per heavy atom. The monoisotopic (exact) mass is 452 g/mol. The second kappa shape index (κ2) is 6.66. The first kappa shape index (κ1) is 19.3. The predicted molar refractivity (Wildman–Crippen MR) is 121 cm³/mol. The second-order valence-corrected chi connectivity index (χ2v) is 10.5. The summed E-state index contributed by atoms with van der Waals surface area (Å²) in [7, 11) is 2.91. The summed E-state index contributed by atoms with van der Waals surface area (Å²) in [6, 6.07) is 14.6. The molecule has 5 rings (SSSR count). The smallest absolute Gasteiger partial charge is 0.262 e. The number of hydrogen-bond donors (Lipinski definition) is 0. The molecule has 0 bridgehead atoms. The third-order valence-electron chi connectivity index (χ3n) is 5.65. The van der Waals surface area contributed by atoms with E-state index in [-0.39, 0.29) is 12.5 Å². The molecule has 0 saturated carbocycles. The molecule has 0 spiro atoms. The fourth-order valence-corrected chi connectivity index (χ4v) is 7.22. The van der Waals surface area contributed by atoms with Crippen molar-refractivity contribution in [3.05, 3.63) is 69.0 Å². The molecule has 0 atom stereocenters. The van der Waals surface area contributed by atoms with Gasteiger partial charge in [-0.3, -0.25) is 24.2 Å². The van der Waals surface area contributed by atoms with E-state index in [1.807, 2.05) is 38.1 Å². The van der Waals surface area contributed by atoms with Crippen LogP contribution in [-0.4, -0.2) is 29.2 Å². The van der Waals surface area contributed by atoms with Crippen molar-refractivity contribution in [2.75, 3.05) is 11.4 Å². The molecule has 0 unspecified atom stereocenters. The zero-order valence-corrected chi connectivity index (χ0v) is 18.6. The number of benzene rings is 2. The number of anilines is 1. The van der Waals surface area contributed by atoms with Crippen molar-refractivity contribution < 1.29 is 14.4 Å². The molecular weight excluding hydrogens is 436 g/mol. The summed E-state index contributed by atoms with van der Waals surface area (Å²) in [5.41, 5.74) is 2.93. The number of rotatable bonds is 2. The number of nitrogens with zero attached hydrogens (tertiary/aromatic N) is 2. The molecule has 30 heavy (non-hydrogen) atoms. The van der Waals surface area contributed by atoms with E-state index in [1.165, 1.54) is 20.7 Å². The third kappa shape index (κ3) is 2.57. The molecule has 2 aliphatic heterocycles. The Kier molecular flexibility index (Phi) is 4.29. The van der Waals surface area contributed by atoms with Crippen LogP contribution in [0.15, 0.2) is 48.5 Å². The van der Waals surface area contributed by atoms with E-state index in [0.717, 1.165) is 30.4 Å². The van der Waals surface area contributed by atoms with Crippen LogP contribution in [0.25, 0.3) is 11.1 Å². The lowest BCUT2D eigenvalue weighted by molar-refractivity contribution is -0.120. The van der Waals surface area contributed by atoms with Gasteiger partial charge in [0, 0.05) is 5.56 Å².